The Kier molecular flexibility index (Phi) is 8.30. The van der Waals surface area contributed by atoms with Gasteiger partial charge in [-0.15, -0.1) is 0 Å². The lowest BCUT2D eigenvalue weighted by Gasteiger charge is -2.30. The van der Waals surface area contributed by atoms with Crippen LogP contribution in [0.3, 0.4) is 0 Å². The molecule has 0 atom stereocenters. The van der Waals surface area contributed by atoms with Crippen molar-refractivity contribution in [3.05, 3.63) is 235 Å². The Hall–Kier alpha value is -7.48. The second kappa shape index (κ2) is 14.0. The number of rotatable bonds is 6. The maximum atomic E-state index is 2.48. The van der Waals surface area contributed by atoms with E-state index in [0.29, 0.717) is 0 Å². The lowest BCUT2D eigenvalue weighted by atomic mass is 9.78. The molecule has 0 aromatic heterocycles. The molecule has 12 rings (SSSR count). The lowest BCUT2D eigenvalue weighted by molar-refractivity contribution is 0.660. The first-order chi connectivity index (χ1) is 30.8. The van der Waals surface area contributed by atoms with E-state index in [1.807, 2.05) is 0 Å². The van der Waals surface area contributed by atoms with Gasteiger partial charge in [-0.3, -0.25) is 0 Å². The van der Waals surface area contributed by atoms with Gasteiger partial charge in [-0.1, -0.05) is 210 Å². The topological polar surface area (TPSA) is 3.24 Å². The zero-order valence-electron chi connectivity index (χ0n) is 36.2. The van der Waals surface area contributed by atoms with Crippen LogP contribution in [0.2, 0.25) is 0 Å². The molecule has 10 aromatic carbocycles. The SMILES string of the molecule is CC1(C)c2ccccc2-c2ccc(N(c3ccc(-c4ccccc4-c4cccc5c4C(C)(C)c4ccccc4-5)cc3)c3ccccc3-c3cccc4c3ccc3ccccc34)cc21. The van der Waals surface area contributed by atoms with Crippen LogP contribution in [0.15, 0.2) is 212 Å². The Bertz CT molecular complexity index is 3460. The summed E-state index contributed by atoms with van der Waals surface area (Å²) in [6.07, 6.45) is 0. The third-order valence-corrected chi connectivity index (χ3v) is 14.3. The van der Waals surface area contributed by atoms with Crippen LogP contribution >= 0.6 is 0 Å². The van der Waals surface area contributed by atoms with E-state index in [0.717, 1.165) is 17.1 Å². The molecule has 0 spiro atoms. The fourth-order valence-corrected chi connectivity index (χ4v) is 11.3. The molecule has 2 aliphatic rings. The van der Waals surface area contributed by atoms with E-state index in [9.17, 15) is 0 Å². The van der Waals surface area contributed by atoms with Crippen LogP contribution in [0.1, 0.15) is 49.9 Å². The number of nitrogens with zero attached hydrogens (tertiary/aromatic N) is 1. The molecule has 0 amide bonds. The lowest BCUT2D eigenvalue weighted by Crippen LogP contribution is -2.17. The molecule has 1 heteroatoms. The van der Waals surface area contributed by atoms with Gasteiger partial charge in [0.15, 0.2) is 0 Å². The predicted molar refractivity (Wildman–Crippen MR) is 268 cm³/mol. The molecule has 0 heterocycles. The summed E-state index contributed by atoms with van der Waals surface area (Å²) in [5.74, 6) is 0. The average molecular weight is 806 g/mol. The van der Waals surface area contributed by atoms with E-state index < -0.39 is 0 Å². The summed E-state index contributed by atoms with van der Waals surface area (Å²) in [4.78, 5) is 2.48. The highest BCUT2D eigenvalue weighted by Gasteiger charge is 2.38. The van der Waals surface area contributed by atoms with Crippen LogP contribution < -0.4 is 4.90 Å². The van der Waals surface area contributed by atoms with Gasteiger partial charge in [-0.25, -0.2) is 0 Å². The number of hydrogen-bond acceptors (Lipinski definition) is 1. The van der Waals surface area contributed by atoms with Crippen molar-refractivity contribution in [2.45, 2.75) is 38.5 Å². The van der Waals surface area contributed by atoms with E-state index >= 15 is 0 Å². The van der Waals surface area contributed by atoms with Gasteiger partial charge >= 0.3 is 0 Å². The number of fused-ring (bicyclic) bond motifs is 9. The van der Waals surface area contributed by atoms with Crippen LogP contribution in [-0.2, 0) is 10.8 Å². The molecule has 300 valence electrons. The molecule has 0 aliphatic heterocycles. The number of hydrogen-bond donors (Lipinski definition) is 0. The van der Waals surface area contributed by atoms with E-state index in [2.05, 4.69) is 245 Å². The molecule has 0 radical (unpaired) electrons. The first kappa shape index (κ1) is 37.3. The van der Waals surface area contributed by atoms with Gasteiger partial charge in [-0.05, 0) is 124 Å². The van der Waals surface area contributed by atoms with Gasteiger partial charge in [0.05, 0.1) is 5.69 Å². The minimum absolute atomic E-state index is 0.115. The van der Waals surface area contributed by atoms with Crippen molar-refractivity contribution in [3.8, 4) is 55.6 Å². The quantitative estimate of drug-likeness (QED) is 0.151. The minimum atomic E-state index is -0.134. The smallest absolute Gasteiger partial charge is 0.0540 e. The van der Waals surface area contributed by atoms with Gasteiger partial charge < -0.3 is 4.90 Å². The maximum absolute atomic E-state index is 2.48. The largest absolute Gasteiger partial charge is 0.310 e. The first-order valence-corrected chi connectivity index (χ1v) is 22.3. The monoisotopic (exact) mass is 805 g/mol. The highest BCUT2D eigenvalue weighted by molar-refractivity contribution is 6.13. The van der Waals surface area contributed by atoms with Gasteiger partial charge in [0, 0.05) is 27.8 Å². The van der Waals surface area contributed by atoms with Crippen molar-refractivity contribution in [3.63, 3.8) is 0 Å². The fraction of sp³-hybridized carbons (Fsp3) is 0.0968. The highest BCUT2D eigenvalue weighted by Crippen LogP contribution is 2.54. The molecule has 2 aliphatic carbocycles. The summed E-state index contributed by atoms with van der Waals surface area (Å²) in [7, 11) is 0. The number of benzene rings is 10. The molecule has 0 unspecified atom stereocenters. The van der Waals surface area contributed by atoms with E-state index in [-0.39, 0.29) is 10.8 Å². The molecule has 0 bridgehead atoms. The van der Waals surface area contributed by atoms with Crippen molar-refractivity contribution in [1.29, 1.82) is 0 Å². The van der Waals surface area contributed by atoms with Crippen LogP contribution in [0, 0.1) is 0 Å². The normalized spacial score (nSPS) is 14.0. The second-order valence-corrected chi connectivity index (χ2v) is 18.4. The molecule has 0 fully saturated rings. The Morgan fingerprint density at radius 1 is 0.302 bits per heavy atom. The maximum Gasteiger partial charge on any atom is 0.0540 e. The van der Waals surface area contributed by atoms with Crippen molar-refractivity contribution >= 4 is 38.6 Å². The molecule has 0 saturated heterocycles. The predicted octanol–water partition coefficient (Wildman–Crippen LogP) is 17.1. The van der Waals surface area contributed by atoms with Crippen molar-refractivity contribution < 1.29 is 0 Å². The molecular weight excluding hydrogens is 759 g/mol. The molecule has 0 saturated carbocycles. The standard InChI is InChI=1S/C62H47N/c1-61(2)56-28-12-9-21-50(56)52-38-36-43(39-58(52)61)63(59-30-14-11-23-53(59)48-25-15-24-46-44-18-6-5-17-40(44)33-37-49(46)48)42-34-31-41(32-35-42)45-19-7-8-20-47(45)54-26-16-27-55-51-22-10-13-29-57(51)62(3,4)60(54)55/h5-39H,1-4H3. The van der Waals surface area contributed by atoms with Crippen molar-refractivity contribution in [2.75, 3.05) is 4.90 Å². The van der Waals surface area contributed by atoms with Gasteiger partial charge in [0.1, 0.15) is 0 Å². The van der Waals surface area contributed by atoms with Crippen LogP contribution in [0.25, 0.3) is 77.2 Å². The van der Waals surface area contributed by atoms with E-state index in [1.54, 1.807) is 0 Å². The molecular formula is C62H47N. The summed E-state index contributed by atoms with van der Waals surface area (Å²) >= 11 is 0. The summed E-state index contributed by atoms with van der Waals surface area (Å²) < 4.78 is 0. The Balaban J connectivity index is 1.02. The molecule has 0 N–H and O–H groups in total. The van der Waals surface area contributed by atoms with Crippen LogP contribution in [-0.4, -0.2) is 0 Å². The van der Waals surface area contributed by atoms with E-state index in [1.165, 1.54) is 99.4 Å². The summed E-state index contributed by atoms with van der Waals surface area (Å²) in [5, 5.41) is 5.05. The van der Waals surface area contributed by atoms with Gasteiger partial charge in [0.25, 0.3) is 0 Å². The summed E-state index contributed by atoms with van der Waals surface area (Å²) in [5.41, 5.74) is 21.4. The molecule has 1 nitrogen and oxygen atoms in total. The zero-order valence-corrected chi connectivity index (χ0v) is 36.2. The minimum Gasteiger partial charge on any atom is -0.310 e. The first-order valence-electron chi connectivity index (χ1n) is 22.3. The Morgan fingerprint density at radius 3 is 1.60 bits per heavy atom. The molecule has 63 heavy (non-hydrogen) atoms. The van der Waals surface area contributed by atoms with Crippen molar-refractivity contribution in [2.24, 2.45) is 0 Å². The summed E-state index contributed by atoms with van der Waals surface area (Å²) in [6, 6.07) is 79.1. The zero-order chi connectivity index (χ0) is 42.5. The van der Waals surface area contributed by atoms with Gasteiger partial charge in [0.2, 0.25) is 0 Å². The number of para-hydroxylation sites is 1. The third kappa shape index (κ3) is 5.62. The number of anilines is 3. The van der Waals surface area contributed by atoms with E-state index in [4.69, 9.17) is 0 Å². The molecule has 10 aromatic rings. The van der Waals surface area contributed by atoms with Crippen LogP contribution in [0.5, 0.6) is 0 Å². The van der Waals surface area contributed by atoms with Gasteiger partial charge in [-0.2, -0.15) is 0 Å². The Morgan fingerprint density at radius 2 is 0.825 bits per heavy atom. The third-order valence-electron chi connectivity index (χ3n) is 14.3. The Labute approximate surface area is 370 Å². The van der Waals surface area contributed by atoms with Crippen LogP contribution in [0.4, 0.5) is 17.1 Å². The van der Waals surface area contributed by atoms with Crippen molar-refractivity contribution in [1.82, 2.24) is 0 Å². The summed E-state index contributed by atoms with van der Waals surface area (Å²) in [6.45, 7) is 9.50. The second-order valence-electron chi connectivity index (χ2n) is 18.4. The fourth-order valence-electron chi connectivity index (χ4n) is 11.3. The average Bonchev–Trinajstić information content (AvgIpc) is 3.71. The highest BCUT2D eigenvalue weighted by atomic mass is 15.1.